The zero-order valence-electron chi connectivity index (χ0n) is 18.5. The van der Waals surface area contributed by atoms with Crippen LogP contribution in [0, 0.1) is 0 Å². The van der Waals surface area contributed by atoms with E-state index in [1.165, 1.54) is 16.7 Å². The van der Waals surface area contributed by atoms with Gasteiger partial charge in [-0.1, -0.05) is 30.3 Å². The molecule has 0 radical (unpaired) electrons. The lowest BCUT2D eigenvalue weighted by Gasteiger charge is -2.36. The van der Waals surface area contributed by atoms with Gasteiger partial charge < -0.3 is 15.2 Å². The Balaban J connectivity index is 1.45. The molecule has 0 aliphatic carbocycles. The van der Waals surface area contributed by atoms with Gasteiger partial charge in [0, 0.05) is 50.4 Å². The molecule has 0 spiro atoms. The van der Waals surface area contributed by atoms with Gasteiger partial charge in [-0.3, -0.25) is 9.80 Å². The summed E-state index contributed by atoms with van der Waals surface area (Å²) in [4.78, 5) is 4.74. The molecule has 1 unspecified atom stereocenters. The number of rotatable bonds is 7. The number of hydrogen-bond donors (Lipinski definition) is 2. The van der Waals surface area contributed by atoms with E-state index in [9.17, 15) is 5.11 Å². The minimum atomic E-state index is -0.512. The smallest absolute Gasteiger partial charge is 0.133 e. The van der Waals surface area contributed by atoms with Gasteiger partial charge in [-0.05, 0) is 55.5 Å². The Morgan fingerprint density at radius 1 is 1.10 bits per heavy atom. The lowest BCUT2D eigenvalue weighted by molar-refractivity contribution is -0.00649. The van der Waals surface area contributed by atoms with Gasteiger partial charge in [-0.15, -0.1) is 0 Å². The Morgan fingerprint density at radius 2 is 1.87 bits per heavy atom. The number of nitrogens with zero attached hydrogens (tertiary/aromatic N) is 2. The van der Waals surface area contributed by atoms with E-state index in [1.54, 1.807) is 7.11 Å². The SMILES string of the molecule is COc1cccc(CCC(C)(C)N2Cc3cccc(C(O)N4CCNCC4)c3C2)c1. The first-order valence-electron chi connectivity index (χ1n) is 11.1. The Bertz CT molecular complexity index is 861. The number of aliphatic hydroxyl groups excluding tert-OH is 1. The molecular weight excluding hydrogens is 374 g/mol. The van der Waals surface area contributed by atoms with Gasteiger partial charge in [0.05, 0.1) is 7.11 Å². The van der Waals surface area contributed by atoms with E-state index in [2.05, 4.69) is 65.4 Å². The fourth-order valence-electron chi connectivity index (χ4n) is 4.68. The van der Waals surface area contributed by atoms with Crippen LogP contribution < -0.4 is 10.1 Å². The molecule has 2 aliphatic heterocycles. The van der Waals surface area contributed by atoms with Gasteiger partial charge in [0.25, 0.3) is 0 Å². The predicted molar refractivity (Wildman–Crippen MR) is 120 cm³/mol. The summed E-state index contributed by atoms with van der Waals surface area (Å²) in [5.74, 6) is 0.922. The van der Waals surface area contributed by atoms with E-state index in [1.807, 2.05) is 6.07 Å². The van der Waals surface area contributed by atoms with Crippen LogP contribution in [-0.4, -0.2) is 53.7 Å². The third-order valence-corrected chi connectivity index (χ3v) is 6.81. The Labute approximate surface area is 180 Å². The number of ether oxygens (including phenoxy) is 1. The zero-order chi connectivity index (χ0) is 21.1. The average molecular weight is 410 g/mol. The highest BCUT2D eigenvalue weighted by molar-refractivity contribution is 5.39. The number of piperazine rings is 1. The topological polar surface area (TPSA) is 48.0 Å². The van der Waals surface area contributed by atoms with E-state index in [4.69, 9.17) is 4.74 Å². The van der Waals surface area contributed by atoms with Crippen molar-refractivity contribution in [2.24, 2.45) is 0 Å². The van der Waals surface area contributed by atoms with Crippen molar-refractivity contribution in [2.45, 2.75) is 51.5 Å². The lowest BCUT2D eigenvalue weighted by Crippen LogP contribution is -2.45. The summed E-state index contributed by atoms with van der Waals surface area (Å²) < 4.78 is 5.37. The molecule has 30 heavy (non-hydrogen) atoms. The van der Waals surface area contributed by atoms with Crippen molar-refractivity contribution in [3.05, 3.63) is 64.7 Å². The summed E-state index contributed by atoms with van der Waals surface area (Å²) in [5.41, 5.74) is 5.14. The number of fused-ring (bicyclic) bond motifs is 1. The fraction of sp³-hybridized carbons (Fsp3) is 0.520. The van der Waals surface area contributed by atoms with Crippen LogP contribution in [0.15, 0.2) is 42.5 Å². The summed E-state index contributed by atoms with van der Waals surface area (Å²) in [7, 11) is 1.72. The number of aryl methyl sites for hydroxylation is 1. The molecule has 2 heterocycles. The molecule has 5 nitrogen and oxygen atoms in total. The maximum atomic E-state index is 11.1. The van der Waals surface area contributed by atoms with Crippen molar-refractivity contribution in [2.75, 3.05) is 33.3 Å². The standard InChI is InChI=1S/C25H35N3O2/c1-25(2,11-10-19-6-4-8-21(16-19)30-3)28-17-20-7-5-9-22(23(20)18-28)24(29)27-14-12-26-13-15-27/h4-9,16,24,26,29H,10-15,17-18H2,1-3H3. The fourth-order valence-corrected chi connectivity index (χ4v) is 4.68. The molecule has 4 rings (SSSR count). The Kier molecular flexibility index (Phi) is 6.44. The number of hydrogen-bond acceptors (Lipinski definition) is 5. The second-order valence-corrected chi connectivity index (χ2v) is 9.16. The number of nitrogens with one attached hydrogen (secondary N) is 1. The van der Waals surface area contributed by atoms with Gasteiger partial charge in [-0.2, -0.15) is 0 Å². The third kappa shape index (κ3) is 4.54. The maximum absolute atomic E-state index is 11.1. The summed E-state index contributed by atoms with van der Waals surface area (Å²) in [6, 6.07) is 14.8. The van der Waals surface area contributed by atoms with Crippen LogP contribution in [0.5, 0.6) is 5.75 Å². The van der Waals surface area contributed by atoms with Gasteiger partial charge in [-0.25, -0.2) is 0 Å². The van der Waals surface area contributed by atoms with Crippen molar-refractivity contribution in [1.82, 2.24) is 15.1 Å². The normalized spacial score (nSPS) is 18.9. The Morgan fingerprint density at radius 3 is 2.63 bits per heavy atom. The molecule has 5 heteroatoms. The van der Waals surface area contributed by atoms with Crippen LogP contribution in [-0.2, 0) is 19.5 Å². The third-order valence-electron chi connectivity index (χ3n) is 6.81. The quantitative estimate of drug-likeness (QED) is 0.735. The zero-order valence-corrected chi connectivity index (χ0v) is 18.5. The van der Waals surface area contributed by atoms with E-state index in [0.717, 1.165) is 63.4 Å². The van der Waals surface area contributed by atoms with Crippen molar-refractivity contribution in [1.29, 1.82) is 0 Å². The summed E-state index contributed by atoms with van der Waals surface area (Å²) in [5, 5.41) is 14.4. The van der Waals surface area contributed by atoms with Crippen LogP contribution in [0.1, 0.15) is 48.8 Å². The molecule has 2 aromatic carbocycles. The molecule has 0 bridgehead atoms. The highest BCUT2D eigenvalue weighted by Gasteiger charge is 2.34. The van der Waals surface area contributed by atoms with E-state index in [-0.39, 0.29) is 5.54 Å². The molecular formula is C25H35N3O2. The minimum Gasteiger partial charge on any atom is -0.497 e. The first kappa shape index (κ1) is 21.3. The van der Waals surface area contributed by atoms with Crippen LogP contribution in [0.3, 0.4) is 0 Å². The van der Waals surface area contributed by atoms with E-state index < -0.39 is 6.23 Å². The van der Waals surface area contributed by atoms with Crippen molar-refractivity contribution < 1.29 is 9.84 Å². The van der Waals surface area contributed by atoms with Crippen LogP contribution >= 0.6 is 0 Å². The first-order valence-corrected chi connectivity index (χ1v) is 11.1. The molecule has 2 aliphatic rings. The highest BCUT2D eigenvalue weighted by atomic mass is 16.5. The first-order chi connectivity index (χ1) is 14.5. The molecule has 1 fully saturated rings. The molecule has 0 aromatic heterocycles. The summed E-state index contributed by atoms with van der Waals surface area (Å²) in [6.45, 7) is 10.2. The average Bonchev–Trinajstić information content (AvgIpc) is 3.23. The van der Waals surface area contributed by atoms with Gasteiger partial charge >= 0.3 is 0 Å². The number of benzene rings is 2. The molecule has 2 N–H and O–H groups in total. The second-order valence-electron chi connectivity index (χ2n) is 9.16. The molecule has 1 atom stereocenters. The maximum Gasteiger partial charge on any atom is 0.133 e. The Hall–Kier alpha value is -1.92. The molecule has 162 valence electrons. The highest BCUT2D eigenvalue weighted by Crippen LogP contribution is 2.36. The molecule has 0 amide bonds. The van der Waals surface area contributed by atoms with Crippen molar-refractivity contribution >= 4 is 0 Å². The van der Waals surface area contributed by atoms with Crippen LogP contribution in [0.4, 0.5) is 0 Å². The largest absolute Gasteiger partial charge is 0.497 e. The van der Waals surface area contributed by atoms with Crippen molar-refractivity contribution in [3.8, 4) is 5.75 Å². The monoisotopic (exact) mass is 409 g/mol. The van der Waals surface area contributed by atoms with E-state index >= 15 is 0 Å². The van der Waals surface area contributed by atoms with Crippen molar-refractivity contribution in [3.63, 3.8) is 0 Å². The molecule has 0 saturated carbocycles. The number of aliphatic hydroxyl groups is 1. The number of methoxy groups -OCH3 is 1. The minimum absolute atomic E-state index is 0.0688. The predicted octanol–water partition coefficient (Wildman–Crippen LogP) is 3.32. The molecule has 1 saturated heterocycles. The van der Waals surface area contributed by atoms with Gasteiger partial charge in [0.2, 0.25) is 0 Å². The van der Waals surface area contributed by atoms with Crippen LogP contribution in [0.25, 0.3) is 0 Å². The second kappa shape index (κ2) is 9.06. The van der Waals surface area contributed by atoms with Gasteiger partial charge in [0.1, 0.15) is 12.0 Å². The molecule has 2 aromatic rings. The van der Waals surface area contributed by atoms with E-state index in [0.29, 0.717) is 0 Å². The van der Waals surface area contributed by atoms with Crippen LogP contribution in [0.2, 0.25) is 0 Å². The summed E-state index contributed by atoms with van der Waals surface area (Å²) >= 11 is 0. The van der Waals surface area contributed by atoms with Gasteiger partial charge in [0.15, 0.2) is 0 Å². The lowest BCUT2D eigenvalue weighted by atomic mass is 9.93. The summed E-state index contributed by atoms with van der Waals surface area (Å²) in [6.07, 6.45) is 1.58.